The van der Waals surface area contributed by atoms with Crippen molar-refractivity contribution in [3.63, 3.8) is 0 Å². The maximum atomic E-state index is 13.3. The van der Waals surface area contributed by atoms with E-state index in [0.717, 1.165) is 20.0 Å². The standard InChI is InChI=1S/C24H25BrN4O4S/c1-28(2)23-14-9-18(15-22(23)25)16-26-27-24(30)17-29(19-10-12-20(33-3)13-11-19)34(31,32)21-7-5-4-6-8-21/h4-16H,17H2,1-3H3,(H,27,30)/b26-16+. The minimum Gasteiger partial charge on any atom is -0.497 e. The molecule has 0 saturated carbocycles. The minimum absolute atomic E-state index is 0.0768. The van der Waals surface area contributed by atoms with Gasteiger partial charge in [-0.05, 0) is 70.0 Å². The van der Waals surface area contributed by atoms with E-state index < -0.39 is 22.5 Å². The molecule has 1 N–H and O–H groups in total. The number of amides is 1. The van der Waals surface area contributed by atoms with E-state index in [1.807, 2.05) is 37.2 Å². The van der Waals surface area contributed by atoms with Crippen molar-refractivity contribution in [2.24, 2.45) is 5.10 Å². The zero-order chi connectivity index (χ0) is 24.7. The van der Waals surface area contributed by atoms with Crippen LogP contribution in [0.15, 0.2) is 87.3 Å². The van der Waals surface area contributed by atoms with Crippen molar-refractivity contribution >= 4 is 49.4 Å². The predicted molar refractivity (Wildman–Crippen MR) is 138 cm³/mol. The number of ether oxygens (including phenoxy) is 1. The van der Waals surface area contributed by atoms with Crippen molar-refractivity contribution in [3.8, 4) is 5.75 Å². The van der Waals surface area contributed by atoms with Gasteiger partial charge < -0.3 is 9.64 Å². The van der Waals surface area contributed by atoms with Gasteiger partial charge in [0.15, 0.2) is 0 Å². The van der Waals surface area contributed by atoms with Gasteiger partial charge in [0.1, 0.15) is 12.3 Å². The Bertz CT molecular complexity index is 1260. The Morgan fingerprint density at radius 1 is 1.06 bits per heavy atom. The number of carbonyl (C=O) groups excluding carboxylic acids is 1. The van der Waals surface area contributed by atoms with Crippen molar-refractivity contribution in [2.45, 2.75) is 4.90 Å². The normalized spacial score (nSPS) is 11.3. The highest BCUT2D eigenvalue weighted by atomic mass is 79.9. The maximum absolute atomic E-state index is 13.3. The highest BCUT2D eigenvalue weighted by Crippen LogP contribution is 2.26. The van der Waals surface area contributed by atoms with Crippen LogP contribution < -0.4 is 19.4 Å². The number of hydrogen-bond acceptors (Lipinski definition) is 6. The lowest BCUT2D eigenvalue weighted by molar-refractivity contribution is -0.119. The van der Waals surface area contributed by atoms with E-state index in [-0.39, 0.29) is 4.90 Å². The fraction of sp³-hybridized carbons (Fsp3) is 0.167. The molecule has 10 heteroatoms. The molecule has 0 aliphatic heterocycles. The molecule has 0 atom stereocenters. The lowest BCUT2D eigenvalue weighted by Gasteiger charge is -2.23. The molecule has 0 unspecified atom stereocenters. The molecule has 3 aromatic rings. The van der Waals surface area contributed by atoms with Gasteiger partial charge in [-0.3, -0.25) is 9.10 Å². The molecular weight excluding hydrogens is 520 g/mol. The van der Waals surface area contributed by atoms with Crippen molar-refractivity contribution in [2.75, 3.05) is 37.0 Å². The summed E-state index contributed by atoms with van der Waals surface area (Å²) >= 11 is 3.51. The van der Waals surface area contributed by atoms with E-state index in [4.69, 9.17) is 4.74 Å². The van der Waals surface area contributed by atoms with Gasteiger partial charge in [0.25, 0.3) is 15.9 Å². The van der Waals surface area contributed by atoms with Crippen LogP contribution in [0.5, 0.6) is 5.75 Å². The molecule has 3 rings (SSSR count). The first-order chi connectivity index (χ1) is 16.2. The van der Waals surface area contributed by atoms with Gasteiger partial charge in [0.05, 0.1) is 29.6 Å². The van der Waals surface area contributed by atoms with Crippen LogP contribution in [0.3, 0.4) is 0 Å². The number of nitrogens with zero attached hydrogens (tertiary/aromatic N) is 3. The van der Waals surface area contributed by atoms with Crippen molar-refractivity contribution < 1.29 is 17.9 Å². The highest BCUT2D eigenvalue weighted by molar-refractivity contribution is 9.10. The van der Waals surface area contributed by atoms with Crippen molar-refractivity contribution in [3.05, 3.63) is 82.8 Å². The zero-order valence-electron chi connectivity index (χ0n) is 19.0. The number of halogens is 1. The Morgan fingerprint density at radius 2 is 1.74 bits per heavy atom. The summed E-state index contributed by atoms with van der Waals surface area (Å²) in [6.07, 6.45) is 1.49. The van der Waals surface area contributed by atoms with Crippen LogP contribution in [0.25, 0.3) is 0 Å². The smallest absolute Gasteiger partial charge is 0.264 e. The Morgan fingerprint density at radius 3 is 2.32 bits per heavy atom. The molecule has 0 aliphatic carbocycles. The average molecular weight is 545 g/mol. The number of carbonyl (C=O) groups is 1. The van der Waals surface area contributed by atoms with Crippen LogP contribution in [-0.4, -0.2) is 48.3 Å². The van der Waals surface area contributed by atoms with Crippen molar-refractivity contribution in [1.82, 2.24) is 5.43 Å². The third-order valence-electron chi connectivity index (χ3n) is 4.84. The number of methoxy groups -OCH3 is 1. The quantitative estimate of drug-likeness (QED) is 0.326. The molecule has 178 valence electrons. The monoisotopic (exact) mass is 544 g/mol. The topological polar surface area (TPSA) is 91.3 Å². The first kappa shape index (κ1) is 25.3. The van der Waals surface area contributed by atoms with Gasteiger partial charge in [0.2, 0.25) is 0 Å². The zero-order valence-corrected chi connectivity index (χ0v) is 21.4. The molecule has 0 aromatic heterocycles. The second kappa shape index (κ2) is 11.2. The molecule has 0 spiro atoms. The summed E-state index contributed by atoms with van der Waals surface area (Å²) in [6, 6.07) is 20.0. The van der Waals surface area contributed by atoms with E-state index in [1.54, 1.807) is 42.5 Å². The van der Waals surface area contributed by atoms with E-state index in [9.17, 15) is 13.2 Å². The molecule has 0 bridgehead atoms. The van der Waals surface area contributed by atoms with Gasteiger partial charge in [-0.1, -0.05) is 24.3 Å². The fourth-order valence-electron chi connectivity index (χ4n) is 3.09. The number of hydrogen-bond donors (Lipinski definition) is 1. The van der Waals surface area contributed by atoms with Gasteiger partial charge in [0, 0.05) is 18.6 Å². The van der Waals surface area contributed by atoms with Crippen LogP contribution in [0, 0.1) is 0 Å². The number of hydrazone groups is 1. The van der Waals surface area contributed by atoms with E-state index in [2.05, 4.69) is 26.5 Å². The molecule has 8 nitrogen and oxygen atoms in total. The van der Waals surface area contributed by atoms with Crippen LogP contribution in [0.1, 0.15) is 5.56 Å². The summed E-state index contributed by atoms with van der Waals surface area (Å²) in [4.78, 5) is 14.7. The molecular formula is C24H25BrN4O4S. The second-order valence-corrected chi connectivity index (χ2v) is 10.1. The lowest BCUT2D eigenvalue weighted by Crippen LogP contribution is -2.39. The Kier molecular flexibility index (Phi) is 8.30. The van der Waals surface area contributed by atoms with E-state index in [0.29, 0.717) is 11.4 Å². The van der Waals surface area contributed by atoms with Gasteiger partial charge in [-0.2, -0.15) is 5.10 Å². The summed E-state index contributed by atoms with van der Waals surface area (Å²) < 4.78 is 33.7. The summed E-state index contributed by atoms with van der Waals surface area (Å²) in [5.41, 5.74) is 4.50. The molecule has 3 aromatic carbocycles. The summed E-state index contributed by atoms with van der Waals surface area (Å²) in [6.45, 7) is -0.454. The summed E-state index contributed by atoms with van der Waals surface area (Å²) in [5.74, 6) is -0.0168. The summed E-state index contributed by atoms with van der Waals surface area (Å²) in [7, 11) is 1.40. The largest absolute Gasteiger partial charge is 0.497 e. The van der Waals surface area contributed by atoms with Crippen LogP contribution >= 0.6 is 15.9 Å². The van der Waals surface area contributed by atoms with Crippen LogP contribution in [0.2, 0.25) is 0 Å². The molecule has 0 radical (unpaired) electrons. The number of anilines is 2. The first-order valence-electron chi connectivity index (χ1n) is 10.2. The van der Waals surface area contributed by atoms with Gasteiger partial charge >= 0.3 is 0 Å². The number of nitrogens with one attached hydrogen (secondary N) is 1. The fourth-order valence-corrected chi connectivity index (χ4v) is 5.29. The number of rotatable bonds is 9. The number of benzene rings is 3. The maximum Gasteiger partial charge on any atom is 0.264 e. The molecule has 0 saturated heterocycles. The minimum atomic E-state index is -4.00. The van der Waals surface area contributed by atoms with Crippen molar-refractivity contribution in [1.29, 1.82) is 0 Å². The lowest BCUT2D eigenvalue weighted by atomic mass is 10.2. The average Bonchev–Trinajstić information content (AvgIpc) is 2.83. The Balaban J connectivity index is 1.80. The van der Waals surface area contributed by atoms with E-state index >= 15 is 0 Å². The molecule has 0 heterocycles. The molecule has 0 fully saturated rings. The van der Waals surface area contributed by atoms with Gasteiger partial charge in [-0.25, -0.2) is 13.8 Å². The SMILES string of the molecule is COc1ccc(N(CC(=O)N/N=C/c2ccc(N(C)C)c(Br)c2)S(=O)(=O)c2ccccc2)cc1. The Hall–Kier alpha value is -3.37. The third-order valence-corrected chi connectivity index (χ3v) is 7.26. The second-order valence-electron chi connectivity index (χ2n) is 7.42. The molecule has 1 amide bonds. The first-order valence-corrected chi connectivity index (χ1v) is 12.5. The van der Waals surface area contributed by atoms with Gasteiger partial charge in [-0.15, -0.1) is 0 Å². The third kappa shape index (κ3) is 6.15. The predicted octanol–water partition coefficient (Wildman–Crippen LogP) is 3.87. The van der Waals surface area contributed by atoms with Crippen LogP contribution in [-0.2, 0) is 14.8 Å². The van der Waals surface area contributed by atoms with E-state index in [1.165, 1.54) is 25.5 Å². The summed E-state index contributed by atoms with van der Waals surface area (Å²) in [5, 5.41) is 3.99. The molecule has 0 aliphatic rings. The molecule has 34 heavy (non-hydrogen) atoms. The number of sulfonamides is 1. The highest BCUT2D eigenvalue weighted by Gasteiger charge is 2.27. The van der Waals surface area contributed by atoms with Crippen LogP contribution in [0.4, 0.5) is 11.4 Å². The Labute approximate surface area is 208 Å².